The molecule has 0 spiro atoms. The maximum absolute atomic E-state index is 13.7. The van der Waals surface area contributed by atoms with Crippen LogP contribution < -0.4 is 21.3 Å². The number of rotatable bonds is 59. The molecule has 0 bridgehead atoms. The Morgan fingerprint density at radius 2 is 1.01 bits per heavy atom. The van der Waals surface area contributed by atoms with E-state index in [1.54, 1.807) is 27.7 Å². The number of allylic oxidation sites excluding steroid dienone is 4. The summed E-state index contributed by atoms with van der Waals surface area (Å²) in [7, 11) is 4.13. The van der Waals surface area contributed by atoms with Gasteiger partial charge in [-0.3, -0.25) is 24.0 Å². The number of aliphatic hydroxyl groups is 1. The molecule has 5 N–H and O–H groups in total. The van der Waals surface area contributed by atoms with Gasteiger partial charge in [-0.1, -0.05) is 132 Å². The minimum Gasteiger partial charge on any atom is -0.466 e. The number of fused-ring (bicyclic) bond motifs is 1. The van der Waals surface area contributed by atoms with Crippen molar-refractivity contribution >= 4 is 68.7 Å². The molecule has 0 aromatic rings. The van der Waals surface area contributed by atoms with E-state index in [4.69, 9.17) is 38.3 Å². The molecular formula is C65H114N4O14S3. The van der Waals surface area contributed by atoms with Gasteiger partial charge in [0.25, 0.3) is 0 Å². The summed E-state index contributed by atoms with van der Waals surface area (Å²) in [4.78, 5) is 76.8. The highest BCUT2D eigenvalue weighted by Crippen LogP contribution is 2.40. The van der Waals surface area contributed by atoms with Gasteiger partial charge in [0, 0.05) is 89.4 Å². The number of unbranched alkanes of at least 4 members (excludes halogenated alkanes) is 19. The molecule has 0 radical (unpaired) electrons. The zero-order valence-electron chi connectivity index (χ0n) is 53.4. The predicted molar refractivity (Wildman–Crippen MR) is 348 cm³/mol. The first kappa shape index (κ1) is 77.5. The molecule has 2 fully saturated rings. The number of ether oxygens (including phenoxy) is 7. The maximum atomic E-state index is 13.7. The molecule has 3 atom stereocenters. The van der Waals surface area contributed by atoms with Crippen LogP contribution in [0, 0.1) is 5.41 Å². The van der Waals surface area contributed by atoms with Crippen molar-refractivity contribution in [2.45, 2.75) is 225 Å². The third-order valence-corrected chi connectivity index (χ3v) is 19.9. The van der Waals surface area contributed by atoms with E-state index in [-0.39, 0.29) is 74.0 Å². The molecule has 0 aromatic carbocycles. The van der Waals surface area contributed by atoms with Crippen molar-refractivity contribution in [3.05, 3.63) is 22.3 Å². The highest BCUT2D eigenvalue weighted by atomic mass is 33.1. The first-order valence-corrected chi connectivity index (χ1v) is 36.6. The number of urea groups is 1. The number of hydrogen-bond acceptors (Lipinski definition) is 17. The molecule has 18 nitrogen and oxygen atoms in total. The molecule has 2 aliphatic heterocycles. The van der Waals surface area contributed by atoms with Crippen LogP contribution in [0.5, 0.6) is 0 Å². The number of hydrogen-bond donors (Lipinski definition) is 5. The lowest BCUT2D eigenvalue weighted by Gasteiger charge is -2.31. The summed E-state index contributed by atoms with van der Waals surface area (Å²) in [6.07, 6.45) is 28.9. The van der Waals surface area contributed by atoms with Gasteiger partial charge in [0.15, 0.2) is 11.6 Å². The van der Waals surface area contributed by atoms with Gasteiger partial charge in [-0.2, -0.15) is 11.8 Å². The number of ketones is 2. The predicted octanol–water partition coefficient (Wildman–Crippen LogP) is 11.1. The second-order valence-corrected chi connectivity index (χ2v) is 27.6. The Hall–Kier alpha value is -2.73. The average molecular weight is 1270 g/mol. The van der Waals surface area contributed by atoms with Crippen molar-refractivity contribution in [2.75, 3.05) is 123 Å². The van der Waals surface area contributed by atoms with Crippen molar-refractivity contribution in [1.82, 2.24) is 21.3 Å². The van der Waals surface area contributed by atoms with Crippen molar-refractivity contribution in [2.24, 2.45) is 5.41 Å². The lowest BCUT2D eigenvalue weighted by atomic mass is 9.70. The number of esters is 1. The standard InChI is InChI=1S/C65H114N4O14S3/c1-52-54(62(74)53(2)60(63(52)75)65(3,4)50-59(73)83-37-25-19-22-32-66-57(71)29-21-20-28-56-61-55(51-84-56)68-64(76)69-61)30-31-58(72)67-33-38-79-42-46-81-44-40-77-35-23-15-11-7-5-9-13-17-26-48-85-86-49-27-18-14-10-6-8-12-16-24-36-78-41-45-82-47-43-80-39-34-70/h55-56,61,70H,5-51H2,1-4H3,(H,66,71)(H,67,72)(H2,68,69,76). The largest absolute Gasteiger partial charge is 0.466 e. The summed E-state index contributed by atoms with van der Waals surface area (Å²) in [6, 6.07) is 0.315. The zero-order chi connectivity index (χ0) is 62.1. The molecule has 4 amide bonds. The molecule has 2 heterocycles. The number of thioether (sulfide) groups is 1. The van der Waals surface area contributed by atoms with Crippen LogP contribution in [0.1, 0.15) is 207 Å². The monoisotopic (exact) mass is 1270 g/mol. The molecule has 3 aliphatic rings. The van der Waals surface area contributed by atoms with Gasteiger partial charge in [-0.05, 0) is 78.1 Å². The minimum atomic E-state index is -0.943. The lowest BCUT2D eigenvalue weighted by Crippen LogP contribution is -2.36. The van der Waals surface area contributed by atoms with Gasteiger partial charge < -0.3 is 59.5 Å². The summed E-state index contributed by atoms with van der Waals surface area (Å²) in [6.45, 7) is 14.4. The number of aliphatic hydroxyl groups excluding tert-OH is 1. The van der Waals surface area contributed by atoms with E-state index in [1.165, 1.54) is 114 Å². The molecule has 3 unspecified atom stereocenters. The Balaban J connectivity index is 1.02. The Kier molecular flexibility index (Phi) is 45.9. The quantitative estimate of drug-likeness (QED) is 0.0125. The summed E-state index contributed by atoms with van der Waals surface area (Å²) in [5.41, 5.74) is 0.278. The normalized spacial score (nSPS) is 16.9. The molecule has 1 aliphatic carbocycles. The summed E-state index contributed by atoms with van der Waals surface area (Å²) in [5, 5.41) is 20.8. The number of Topliss-reactive ketones (excluding diaryl/α,β-unsaturated/α-hetero) is 2. The SMILES string of the molecule is CC1=C(CCC(=O)NCCOCCOCCOCCCCCCCCCCCSSCCCCCCCCCCCOCCOCCOCCO)C(=O)C(C)=C(C(C)(C)CC(=O)OCCCCCNC(=O)CCCCC2SCC3NC(=O)NC32)C1=O. The van der Waals surface area contributed by atoms with Gasteiger partial charge in [0.2, 0.25) is 11.8 Å². The Morgan fingerprint density at radius 1 is 0.535 bits per heavy atom. The fraction of sp³-hybridized carbons (Fsp3) is 0.846. The van der Waals surface area contributed by atoms with Crippen molar-refractivity contribution < 1.29 is 67.0 Å². The van der Waals surface area contributed by atoms with Crippen molar-refractivity contribution in [3.63, 3.8) is 0 Å². The van der Waals surface area contributed by atoms with E-state index in [0.29, 0.717) is 120 Å². The molecular weight excluding hydrogens is 1160 g/mol. The highest BCUT2D eigenvalue weighted by Gasteiger charge is 2.43. The molecule has 3 rings (SSSR count). The Bertz CT molecular complexity index is 1940. The molecule has 2 saturated heterocycles. The van der Waals surface area contributed by atoms with E-state index in [2.05, 4.69) is 42.9 Å². The average Bonchev–Trinajstić information content (AvgIpc) is 3.96. The van der Waals surface area contributed by atoms with Crippen LogP contribution in [0.2, 0.25) is 0 Å². The van der Waals surface area contributed by atoms with Gasteiger partial charge in [-0.15, -0.1) is 0 Å². The summed E-state index contributed by atoms with van der Waals surface area (Å²) >= 11 is 1.88. The molecule has 21 heteroatoms. The van der Waals surface area contributed by atoms with E-state index in [0.717, 1.165) is 63.9 Å². The van der Waals surface area contributed by atoms with Crippen molar-refractivity contribution in [3.8, 4) is 0 Å². The van der Waals surface area contributed by atoms with E-state index in [9.17, 15) is 28.8 Å². The number of carbonyl (C=O) groups is 6. The molecule has 86 heavy (non-hydrogen) atoms. The van der Waals surface area contributed by atoms with Crippen LogP contribution in [-0.2, 0) is 57.1 Å². The molecule has 496 valence electrons. The van der Waals surface area contributed by atoms with Crippen LogP contribution in [-0.4, -0.2) is 181 Å². The topological polar surface area (TPSA) is 235 Å². The van der Waals surface area contributed by atoms with Crippen molar-refractivity contribution in [1.29, 1.82) is 0 Å². The van der Waals surface area contributed by atoms with E-state index in [1.807, 2.05) is 11.8 Å². The first-order chi connectivity index (χ1) is 41.9. The van der Waals surface area contributed by atoms with E-state index < -0.39 is 11.4 Å². The van der Waals surface area contributed by atoms with Crippen LogP contribution in [0.4, 0.5) is 4.79 Å². The highest BCUT2D eigenvalue weighted by molar-refractivity contribution is 8.76. The smallest absolute Gasteiger partial charge is 0.315 e. The first-order valence-electron chi connectivity index (χ1n) is 33.1. The fourth-order valence-corrected chi connectivity index (χ4v) is 14.7. The third-order valence-electron chi connectivity index (χ3n) is 15.8. The number of nitrogens with one attached hydrogen (secondary N) is 4. The Labute approximate surface area is 529 Å². The van der Waals surface area contributed by atoms with E-state index >= 15 is 0 Å². The second kappa shape index (κ2) is 51.0. The number of amides is 4. The zero-order valence-corrected chi connectivity index (χ0v) is 55.9. The van der Waals surface area contributed by atoms with Crippen LogP contribution in [0.25, 0.3) is 0 Å². The Morgan fingerprint density at radius 3 is 1.58 bits per heavy atom. The molecule has 0 saturated carbocycles. The van der Waals surface area contributed by atoms with Gasteiger partial charge >= 0.3 is 12.0 Å². The third kappa shape index (κ3) is 36.8. The van der Waals surface area contributed by atoms with Crippen LogP contribution in [0.3, 0.4) is 0 Å². The van der Waals surface area contributed by atoms with Gasteiger partial charge in [-0.25, -0.2) is 4.79 Å². The van der Waals surface area contributed by atoms with Gasteiger partial charge in [0.1, 0.15) is 0 Å². The fourth-order valence-electron chi connectivity index (χ4n) is 10.9. The van der Waals surface area contributed by atoms with Gasteiger partial charge in [0.05, 0.1) is 97.8 Å². The molecule has 0 aromatic heterocycles. The summed E-state index contributed by atoms with van der Waals surface area (Å²) < 4.78 is 38.7. The lowest BCUT2D eigenvalue weighted by molar-refractivity contribution is -0.145. The second-order valence-electron chi connectivity index (χ2n) is 23.6. The van der Waals surface area contributed by atoms with Crippen LogP contribution in [0.15, 0.2) is 22.3 Å². The summed E-state index contributed by atoms with van der Waals surface area (Å²) in [5.74, 6) is 2.26. The number of carbonyl (C=O) groups excluding carboxylic acids is 6. The maximum Gasteiger partial charge on any atom is 0.315 e. The minimum absolute atomic E-state index is 0.0308. The van der Waals surface area contributed by atoms with Crippen LogP contribution >= 0.6 is 33.3 Å².